The van der Waals surface area contributed by atoms with E-state index in [1.807, 2.05) is 6.92 Å². The van der Waals surface area contributed by atoms with Crippen LogP contribution in [0.1, 0.15) is 36.5 Å². The van der Waals surface area contributed by atoms with Gasteiger partial charge in [0.1, 0.15) is 0 Å². The third-order valence-corrected chi connectivity index (χ3v) is 3.49. The van der Waals surface area contributed by atoms with Gasteiger partial charge in [0, 0.05) is 15.5 Å². The van der Waals surface area contributed by atoms with Crippen molar-refractivity contribution >= 4 is 39.4 Å². The zero-order chi connectivity index (χ0) is 14.4. The lowest BCUT2D eigenvalue weighted by Gasteiger charge is -2.16. The van der Waals surface area contributed by atoms with Crippen molar-refractivity contribution < 1.29 is 14.7 Å². The Hall–Kier alpha value is -1.07. The van der Waals surface area contributed by atoms with Crippen molar-refractivity contribution in [1.29, 1.82) is 0 Å². The molecule has 19 heavy (non-hydrogen) atoms. The van der Waals surface area contributed by atoms with E-state index in [2.05, 4.69) is 21.2 Å². The number of aliphatic carboxylic acids is 1. The molecule has 6 heteroatoms. The lowest BCUT2D eigenvalue weighted by molar-refractivity contribution is -0.137. The van der Waals surface area contributed by atoms with Gasteiger partial charge < -0.3 is 10.4 Å². The van der Waals surface area contributed by atoms with Crippen molar-refractivity contribution in [1.82, 2.24) is 5.32 Å². The molecule has 0 aliphatic carbocycles. The molecular weight excluding hydrogens is 334 g/mol. The van der Waals surface area contributed by atoms with E-state index in [1.54, 1.807) is 18.2 Å². The van der Waals surface area contributed by atoms with Crippen LogP contribution in [0.4, 0.5) is 0 Å². The fraction of sp³-hybridized carbons (Fsp3) is 0.385. The van der Waals surface area contributed by atoms with Gasteiger partial charge in [0.05, 0.1) is 12.0 Å². The summed E-state index contributed by atoms with van der Waals surface area (Å²) in [6.45, 7) is 1.94. The van der Waals surface area contributed by atoms with Crippen LogP contribution < -0.4 is 5.32 Å². The van der Waals surface area contributed by atoms with Gasteiger partial charge in [-0.05, 0) is 40.5 Å². The van der Waals surface area contributed by atoms with Crippen LogP contribution in [-0.2, 0) is 4.79 Å². The molecular formula is C13H15BrClNO3. The van der Waals surface area contributed by atoms with E-state index in [4.69, 9.17) is 16.7 Å². The molecule has 0 aliphatic rings. The first-order valence-corrected chi connectivity index (χ1v) is 7.08. The van der Waals surface area contributed by atoms with Crippen LogP contribution in [0.15, 0.2) is 22.7 Å². The number of nitrogens with one attached hydrogen (secondary N) is 1. The summed E-state index contributed by atoms with van der Waals surface area (Å²) >= 11 is 9.12. The summed E-state index contributed by atoms with van der Waals surface area (Å²) in [6, 6.07) is 4.53. The predicted molar refractivity (Wildman–Crippen MR) is 77.6 cm³/mol. The van der Waals surface area contributed by atoms with E-state index in [9.17, 15) is 9.59 Å². The first kappa shape index (κ1) is 16.0. The maximum Gasteiger partial charge on any atom is 0.305 e. The van der Waals surface area contributed by atoms with Crippen LogP contribution in [0.3, 0.4) is 0 Å². The minimum absolute atomic E-state index is 0.0856. The van der Waals surface area contributed by atoms with Crippen molar-refractivity contribution in [2.45, 2.75) is 32.2 Å². The van der Waals surface area contributed by atoms with Gasteiger partial charge in [0.25, 0.3) is 5.91 Å². The zero-order valence-electron chi connectivity index (χ0n) is 10.5. The summed E-state index contributed by atoms with van der Waals surface area (Å²) in [7, 11) is 0. The van der Waals surface area contributed by atoms with Crippen LogP contribution in [0.5, 0.6) is 0 Å². The van der Waals surface area contributed by atoms with Crippen LogP contribution in [0, 0.1) is 0 Å². The van der Waals surface area contributed by atoms with Crippen molar-refractivity contribution in [2.75, 3.05) is 0 Å². The molecule has 104 valence electrons. The Morgan fingerprint density at radius 2 is 2.16 bits per heavy atom. The summed E-state index contributed by atoms with van der Waals surface area (Å²) in [5.41, 5.74) is 0.402. The van der Waals surface area contributed by atoms with E-state index in [1.165, 1.54) is 0 Å². The highest BCUT2D eigenvalue weighted by Crippen LogP contribution is 2.21. The van der Waals surface area contributed by atoms with Crippen molar-refractivity contribution in [3.63, 3.8) is 0 Å². The second-order valence-electron chi connectivity index (χ2n) is 4.18. The Kier molecular flexibility index (Phi) is 6.31. The number of amides is 1. The summed E-state index contributed by atoms with van der Waals surface area (Å²) in [4.78, 5) is 22.8. The Bertz CT molecular complexity index is 479. The van der Waals surface area contributed by atoms with Crippen molar-refractivity contribution in [2.24, 2.45) is 0 Å². The topological polar surface area (TPSA) is 66.4 Å². The third-order valence-electron chi connectivity index (χ3n) is 2.57. The highest BCUT2D eigenvalue weighted by atomic mass is 79.9. The van der Waals surface area contributed by atoms with Gasteiger partial charge in [0.15, 0.2) is 0 Å². The molecule has 1 rings (SSSR count). The van der Waals surface area contributed by atoms with Gasteiger partial charge in [-0.15, -0.1) is 0 Å². The zero-order valence-corrected chi connectivity index (χ0v) is 12.8. The van der Waals surface area contributed by atoms with E-state index >= 15 is 0 Å². The molecule has 0 saturated heterocycles. The molecule has 1 atom stereocenters. The predicted octanol–water partition coefficient (Wildman–Crippen LogP) is 3.48. The molecule has 1 amide bonds. The van der Waals surface area contributed by atoms with Crippen LogP contribution >= 0.6 is 27.5 Å². The molecule has 0 spiro atoms. The molecule has 0 bridgehead atoms. The smallest absolute Gasteiger partial charge is 0.305 e. The molecule has 0 radical (unpaired) electrons. The number of hydrogen-bond donors (Lipinski definition) is 2. The van der Waals surface area contributed by atoms with E-state index in [-0.39, 0.29) is 18.4 Å². The molecule has 4 nitrogen and oxygen atoms in total. The quantitative estimate of drug-likeness (QED) is 0.827. The molecule has 1 aromatic carbocycles. The van der Waals surface area contributed by atoms with E-state index < -0.39 is 5.97 Å². The maximum atomic E-state index is 12.1. The summed E-state index contributed by atoms with van der Waals surface area (Å²) < 4.78 is 0.625. The average Bonchev–Trinajstić information content (AvgIpc) is 2.31. The Morgan fingerprint density at radius 1 is 1.47 bits per heavy atom. The first-order valence-electron chi connectivity index (χ1n) is 5.91. The van der Waals surface area contributed by atoms with Crippen LogP contribution in [0.2, 0.25) is 5.02 Å². The molecule has 2 N–H and O–H groups in total. The number of carboxylic acids is 1. The fourth-order valence-corrected chi connectivity index (χ4v) is 2.32. The van der Waals surface area contributed by atoms with E-state index in [0.29, 0.717) is 21.5 Å². The number of rotatable bonds is 6. The fourth-order valence-electron chi connectivity index (χ4n) is 1.72. The van der Waals surface area contributed by atoms with E-state index in [0.717, 1.165) is 6.42 Å². The molecule has 1 aromatic rings. The van der Waals surface area contributed by atoms with Gasteiger partial charge in [-0.3, -0.25) is 9.59 Å². The standard InChI is InChI=1S/C13H15BrClNO3/c1-2-3-9(7-12(17)18)16-13(19)10-6-8(15)4-5-11(10)14/h4-6,9H,2-3,7H2,1H3,(H,16,19)(H,17,18). The molecule has 1 unspecified atom stereocenters. The van der Waals surface area contributed by atoms with Gasteiger partial charge in [-0.25, -0.2) is 0 Å². The molecule has 0 aliphatic heterocycles. The SMILES string of the molecule is CCCC(CC(=O)O)NC(=O)c1cc(Cl)ccc1Br. The number of benzene rings is 1. The summed E-state index contributed by atoms with van der Waals surface area (Å²) in [6.07, 6.45) is 1.34. The number of carbonyl (C=O) groups excluding carboxylic acids is 1. The van der Waals surface area contributed by atoms with Crippen molar-refractivity contribution in [3.05, 3.63) is 33.3 Å². The minimum Gasteiger partial charge on any atom is -0.481 e. The highest BCUT2D eigenvalue weighted by Gasteiger charge is 2.18. The Balaban J connectivity index is 2.81. The molecule has 0 aromatic heterocycles. The van der Waals surface area contributed by atoms with Crippen molar-refractivity contribution in [3.8, 4) is 0 Å². The van der Waals surface area contributed by atoms with Gasteiger partial charge in [-0.1, -0.05) is 24.9 Å². The Labute approximate surface area is 125 Å². The lowest BCUT2D eigenvalue weighted by atomic mass is 10.1. The molecule has 0 saturated carbocycles. The summed E-state index contributed by atoms with van der Waals surface area (Å²) in [5.74, 6) is -1.25. The third kappa shape index (κ3) is 5.20. The highest BCUT2D eigenvalue weighted by molar-refractivity contribution is 9.10. The second kappa shape index (κ2) is 7.50. The number of halogens is 2. The lowest BCUT2D eigenvalue weighted by Crippen LogP contribution is -2.36. The van der Waals surface area contributed by atoms with Gasteiger partial charge in [0.2, 0.25) is 0 Å². The van der Waals surface area contributed by atoms with Crippen LogP contribution in [-0.4, -0.2) is 23.0 Å². The second-order valence-corrected chi connectivity index (χ2v) is 5.47. The normalized spacial score (nSPS) is 11.9. The number of hydrogen-bond acceptors (Lipinski definition) is 2. The van der Waals surface area contributed by atoms with Gasteiger partial charge >= 0.3 is 5.97 Å². The minimum atomic E-state index is -0.927. The summed E-state index contributed by atoms with van der Waals surface area (Å²) in [5, 5.41) is 12.0. The largest absolute Gasteiger partial charge is 0.481 e. The number of carbonyl (C=O) groups is 2. The Morgan fingerprint density at radius 3 is 2.74 bits per heavy atom. The van der Waals surface area contributed by atoms with Gasteiger partial charge in [-0.2, -0.15) is 0 Å². The first-order chi connectivity index (χ1) is 8.93. The number of carboxylic acid groups (broad SMARTS) is 1. The average molecular weight is 349 g/mol. The molecule has 0 fully saturated rings. The van der Waals surface area contributed by atoms with Crippen LogP contribution in [0.25, 0.3) is 0 Å². The maximum absolute atomic E-state index is 12.1. The molecule has 0 heterocycles. The monoisotopic (exact) mass is 347 g/mol.